The summed E-state index contributed by atoms with van der Waals surface area (Å²) < 4.78 is 15.5. The first-order valence-corrected chi connectivity index (χ1v) is 5.65. The van der Waals surface area contributed by atoms with Gasteiger partial charge in [-0.05, 0) is 5.92 Å². The minimum absolute atomic E-state index is 0.456. The molecule has 1 rings (SSSR count). The number of hydrogen-bond donors (Lipinski definition) is 1. The largest absolute Gasteiger partial charge is 0.497 e. The Morgan fingerprint density at radius 2 is 1.65 bits per heavy atom. The monoisotopic (exact) mass is 239 g/mol. The van der Waals surface area contributed by atoms with Gasteiger partial charge in [-0.1, -0.05) is 6.92 Å². The van der Waals surface area contributed by atoms with Gasteiger partial charge in [0, 0.05) is 37.5 Å². The van der Waals surface area contributed by atoms with Gasteiger partial charge in [-0.2, -0.15) is 0 Å². The first-order valence-electron chi connectivity index (χ1n) is 5.65. The van der Waals surface area contributed by atoms with Crippen LogP contribution in [0.25, 0.3) is 0 Å². The second-order valence-corrected chi connectivity index (χ2v) is 4.04. The average Bonchev–Trinajstić information content (AvgIpc) is 2.36. The van der Waals surface area contributed by atoms with Gasteiger partial charge in [0.15, 0.2) is 0 Å². The van der Waals surface area contributed by atoms with Crippen LogP contribution in [0.4, 0.5) is 5.69 Å². The quantitative estimate of drug-likeness (QED) is 0.793. The summed E-state index contributed by atoms with van der Waals surface area (Å²) in [5.74, 6) is 2.02. The minimum atomic E-state index is 0.456. The average molecular weight is 239 g/mol. The van der Waals surface area contributed by atoms with E-state index in [-0.39, 0.29) is 0 Å². The van der Waals surface area contributed by atoms with Crippen molar-refractivity contribution in [2.75, 3.05) is 39.8 Å². The molecule has 1 atom stereocenters. The first kappa shape index (κ1) is 13.6. The summed E-state index contributed by atoms with van der Waals surface area (Å²) in [7, 11) is 5.00. The van der Waals surface area contributed by atoms with E-state index in [1.807, 2.05) is 18.2 Å². The fourth-order valence-electron chi connectivity index (χ4n) is 1.55. The molecule has 0 bridgehead atoms. The van der Waals surface area contributed by atoms with Gasteiger partial charge in [-0.15, -0.1) is 0 Å². The summed E-state index contributed by atoms with van der Waals surface area (Å²) >= 11 is 0. The molecule has 0 aromatic heterocycles. The summed E-state index contributed by atoms with van der Waals surface area (Å²) in [6.07, 6.45) is 0. The summed E-state index contributed by atoms with van der Waals surface area (Å²) in [4.78, 5) is 0. The van der Waals surface area contributed by atoms with Crippen molar-refractivity contribution in [1.29, 1.82) is 0 Å². The second-order valence-electron chi connectivity index (χ2n) is 4.04. The van der Waals surface area contributed by atoms with Crippen LogP contribution in [0.3, 0.4) is 0 Å². The number of anilines is 1. The second kappa shape index (κ2) is 7.01. The Balaban J connectivity index is 2.63. The molecule has 17 heavy (non-hydrogen) atoms. The van der Waals surface area contributed by atoms with Crippen molar-refractivity contribution in [2.45, 2.75) is 6.92 Å². The smallest absolute Gasteiger partial charge is 0.124 e. The third-order valence-corrected chi connectivity index (χ3v) is 2.46. The fraction of sp³-hybridized carbons (Fsp3) is 0.538. The van der Waals surface area contributed by atoms with Crippen LogP contribution in [0, 0.1) is 5.92 Å². The Kier molecular flexibility index (Phi) is 5.63. The van der Waals surface area contributed by atoms with Gasteiger partial charge < -0.3 is 19.5 Å². The molecule has 4 nitrogen and oxygen atoms in total. The highest BCUT2D eigenvalue weighted by molar-refractivity contribution is 5.53. The Morgan fingerprint density at radius 1 is 1.06 bits per heavy atom. The molecule has 1 aromatic carbocycles. The lowest BCUT2D eigenvalue weighted by Gasteiger charge is -2.14. The number of rotatable bonds is 7. The number of ether oxygens (including phenoxy) is 3. The molecule has 0 saturated heterocycles. The lowest BCUT2D eigenvalue weighted by atomic mass is 10.2. The Morgan fingerprint density at radius 3 is 2.12 bits per heavy atom. The molecular formula is C13H21NO3. The predicted octanol–water partition coefficient (Wildman–Crippen LogP) is 2.40. The van der Waals surface area contributed by atoms with E-state index >= 15 is 0 Å². The number of nitrogens with one attached hydrogen (secondary N) is 1. The molecule has 96 valence electrons. The summed E-state index contributed by atoms with van der Waals surface area (Å²) in [6, 6.07) is 5.74. The zero-order valence-corrected chi connectivity index (χ0v) is 10.9. The van der Waals surface area contributed by atoms with Crippen LogP contribution in [-0.2, 0) is 4.74 Å². The predicted molar refractivity (Wildman–Crippen MR) is 69.1 cm³/mol. The van der Waals surface area contributed by atoms with E-state index in [1.165, 1.54) is 0 Å². The zero-order valence-electron chi connectivity index (χ0n) is 10.9. The molecule has 0 saturated carbocycles. The van der Waals surface area contributed by atoms with Crippen molar-refractivity contribution in [1.82, 2.24) is 0 Å². The van der Waals surface area contributed by atoms with E-state index in [1.54, 1.807) is 21.3 Å². The van der Waals surface area contributed by atoms with Crippen LogP contribution in [0.1, 0.15) is 6.92 Å². The van der Waals surface area contributed by atoms with Gasteiger partial charge in [-0.25, -0.2) is 0 Å². The van der Waals surface area contributed by atoms with Crippen molar-refractivity contribution in [2.24, 2.45) is 5.92 Å². The molecule has 0 heterocycles. The van der Waals surface area contributed by atoms with Gasteiger partial charge in [0.2, 0.25) is 0 Å². The van der Waals surface area contributed by atoms with Crippen molar-refractivity contribution >= 4 is 5.69 Å². The van der Waals surface area contributed by atoms with Crippen molar-refractivity contribution in [3.05, 3.63) is 18.2 Å². The maximum absolute atomic E-state index is 5.21. The van der Waals surface area contributed by atoms with E-state index in [0.717, 1.165) is 30.3 Å². The molecule has 0 fully saturated rings. The molecule has 0 aliphatic heterocycles. The van der Waals surface area contributed by atoms with Gasteiger partial charge in [-0.3, -0.25) is 0 Å². The third-order valence-electron chi connectivity index (χ3n) is 2.46. The standard InChI is InChI=1S/C13H21NO3/c1-10(9-15-2)8-14-11-5-12(16-3)7-13(6-11)17-4/h5-7,10,14H,8-9H2,1-4H3. The molecule has 1 aromatic rings. The molecule has 0 spiro atoms. The lowest BCUT2D eigenvalue weighted by Crippen LogP contribution is -2.15. The summed E-state index contributed by atoms with van der Waals surface area (Å²) in [5.41, 5.74) is 0.990. The van der Waals surface area contributed by atoms with Crippen molar-refractivity contribution < 1.29 is 14.2 Å². The van der Waals surface area contributed by atoms with Crippen LogP contribution in [-0.4, -0.2) is 34.5 Å². The molecule has 0 amide bonds. The van der Waals surface area contributed by atoms with E-state index in [2.05, 4.69) is 12.2 Å². The Bertz CT molecular complexity index is 319. The van der Waals surface area contributed by atoms with Gasteiger partial charge in [0.25, 0.3) is 0 Å². The third kappa shape index (κ3) is 4.53. The maximum atomic E-state index is 5.21. The Labute approximate surface area is 103 Å². The van der Waals surface area contributed by atoms with E-state index < -0.39 is 0 Å². The normalized spacial score (nSPS) is 12.0. The lowest BCUT2D eigenvalue weighted by molar-refractivity contribution is 0.164. The topological polar surface area (TPSA) is 39.7 Å². The number of benzene rings is 1. The molecule has 0 aliphatic carbocycles. The molecule has 4 heteroatoms. The molecule has 0 aliphatic rings. The minimum Gasteiger partial charge on any atom is -0.497 e. The van der Waals surface area contributed by atoms with Crippen LogP contribution in [0.5, 0.6) is 11.5 Å². The fourth-order valence-corrected chi connectivity index (χ4v) is 1.55. The van der Waals surface area contributed by atoms with Gasteiger partial charge in [0.05, 0.1) is 20.8 Å². The highest BCUT2D eigenvalue weighted by Gasteiger charge is 2.04. The maximum Gasteiger partial charge on any atom is 0.124 e. The van der Waals surface area contributed by atoms with E-state index in [0.29, 0.717) is 5.92 Å². The SMILES string of the molecule is COCC(C)CNc1cc(OC)cc(OC)c1. The van der Waals surface area contributed by atoms with Crippen LogP contribution < -0.4 is 14.8 Å². The van der Waals surface area contributed by atoms with Crippen LogP contribution in [0.2, 0.25) is 0 Å². The van der Waals surface area contributed by atoms with Crippen molar-refractivity contribution in [3.8, 4) is 11.5 Å². The van der Waals surface area contributed by atoms with Crippen LogP contribution >= 0.6 is 0 Å². The molecule has 1 N–H and O–H groups in total. The van der Waals surface area contributed by atoms with E-state index in [4.69, 9.17) is 14.2 Å². The summed E-state index contributed by atoms with van der Waals surface area (Å²) in [5, 5.41) is 3.34. The number of hydrogen-bond acceptors (Lipinski definition) is 4. The first-order chi connectivity index (χ1) is 8.19. The Hall–Kier alpha value is -1.42. The highest BCUT2D eigenvalue weighted by Crippen LogP contribution is 2.25. The summed E-state index contributed by atoms with van der Waals surface area (Å²) in [6.45, 7) is 3.73. The number of methoxy groups -OCH3 is 3. The zero-order chi connectivity index (χ0) is 12.7. The molecular weight excluding hydrogens is 218 g/mol. The molecule has 1 unspecified atom stereocenters. The highest BCUT2D eigenvalue weighted by atomic mass is 16.5. The van der Waals surface area contributed by atoms with Crippen LogP contribution in [0.15, 0.2) is 18.2 Å². The van der Waals surface area contributed by atoms with E-state index in [9.17, 15) is 0 Å². The van der Waals surface area contributed by atoms with Gasteiger partial charge >= 0.3 is 0 Å². The van der Waals surface area contributed by atoms with Gasteiger partial charge in [0.1, 0.15) is 11.5 Å². The molecule has 0 radical (unpaired) electrons. The van der Waals surface area contributed by atoms with Crippen molar-refractivity contribution in [3.63, 3.8) is 0 Å².